The van der Waals surface area contributed by atoms with E-state index in [4.69, 9.17) is 4.74 Å². The molecule has 0 fully saturated rings. The summed E-state index contributed by atoms with van der Waals surface area (Å²) in [5, 5.41) is 5.26. The minimum Gasteiger partial charge on any atom is -0.452 e. The molecule has 9 heteroatoms. The van der Waals surface area contributed by atoms with E-state index in [1.807, 2.05) is 0 Å². The highest BCUT2D eigenvalue weighted by atomic mass is 19.1. The summed E-state index contributed by atoms with van der Waals surface area (Å²) < 4.78 is 17.8. The fourth-order valence-electron chi connectivity index (χ4n) is 2.48. The Bertz CT molecular complexity index is 913. The lowest BCUT2D eigenvalue weighted by atomic mass is 10.2. The van der Waals surface area contributed by atoms with E-state index < -0.39 is 30.2 Å². The number of likely N-dealkylation sites (N-methyl/N-ethyl adjacent to an activating group) is 1. The summed E-state index contributed by atoms with van der Waals surface area (Å²) in [6, 6.07) is 11.2. The highest BCUT2D eigenvalue weighted by Gasteiger charge is 2.18. The number of carbonyl (C=O) groups is 4. The van der Waals surface area contributed by atoms with Crippen LogP contribution in [0.5, 0.6) is 0 Å². The van der Waals surface area contributed by atoms with Crippen molar-refractivity contribution in [2.45, 2.75) is 13.8 Å². The second-order valence-electron chi connectivity index (χ2n) is 6.30. The fourth-order valence-corrected chi connectivity index (χ4v) is 2.48. The number of hydrogen-bond acceptors (Lipinski definition) is 5. The highest BCUT2D eigenvalue weighted by molar-refractivity contribution is 5.96. The van der Waals surface area contributed by atoms with Gasteiger partial charge in [0.05, 0.1) is 12.1 Å². The van der Waals surface area contributed by atoms with Crippen LogP contribution < -0.4 is 10.6 Å². The number of ether oxygens (including phenoxy) is 1. The molecule has 2 aromatic rings. The Morgan fingerprint density at radius 3 is 2.03 bits per heavy atom. The van der Waals surface area contributed by atoms with Crippen LogP contribution >= 0.6 is 0 Å². The summed E-state index contributed by atoms with van der Waals surface area (Å²) >= 11 is 0. The van der Waals surface area contributed by atoms with E-state index in [9.17, 15) is 23.6 Å². The number of esters is 1. The second kappa shape index (κ2) is 10.7. The van der Waals surface area contributed by atoms with E-state index in [1.165, 1.54) is 24.0 Å². The molecule has 0 unspecified atom stereocenters. The third kappa shape index (κ3) is 7.01. The molecule has 0 aromatic heterocycles. The van der Waals surface area contributed by atoms with Crippen LogP contribution in [0.15, 0.2) is 48.5 Å². The average Bonchev–Trinajstić information content (AvgIpc) is 2.71. The lowest BCUT2D eigenvalue weighted by Crippen LogP contribution is -2.40. The van der Waals surface area contributed by atoms with Gasteiger partial charge in [-0.25, -0.2) is 9.18 Å². The van der Waals surface area contributed by atoms with Gasteiger partial charge in [-0.05, 0) is 55.5 Å². The van der Waals surface area contributed by atoms with E-state index in [0.29, 0.717) is 11.4 Å². The molecule has 0 heterocycles. The lowest BCUT2D eigenvalue weighted by Gasteiger charge is -2.20. The Labute approximate surface area is 173 Å². The first-order chi connectivity index (χ1) is 14.3. The predicted molar refractivity (Wildman–Crippen MR) is 108 cm³/mol. The van der Waals surface area contributed by atoms with Crippen molar-refractivity contribution in [2.75, 3.05) is 30.3 Å². The zero-order chi connectivity index (χ0) is 22.1. The van der Waals surface area contributed by atoms with Gasteiger partial charge in [0.2, 0.25) is 11.8 Å². The van der Waals surface area contributed by atoms with Crippen LogP contribution in [0.25, 0.3) is 0 Å². The molecule has 3 amide bonds. The topological polar surface area (TPSA) is 105 Å². The SMILES string of the molecule is CCN(CC(=O)Nc1ccc(NC(C)=O)cc1)C(=O)COC(=O)c1ccc(F)cc1. The van der Waals surface area contributed by atoms with Crippen molar-refractivity contribution >= 4 is 35.1 Å². The number of benzene rings is 2. The molecule has 0 saturated heterocycles. The van der Waals surface area contributed by atoms with Gasteiger partial charge < -0.3 is 20.3 Å². The molecule has 2 aromatic carbocycles. The van der Waals surface area contributed by atoms with Crippen LogP contribution in [-0.4, -0.2) is 48.3 Å². The first-order valence-corrected chi connectivity index (χ1v) is 9.16. The monoisotopic (exact) mass is 415 g/mol. The van der Waals surface area contributed by atoms with Gasteiger partial charge in [0.1, 0.15) is 5.82 Å². The Morgan fingerprint density at radius 2 is 1.50 bits per heavy atom. The molecule has 0 aliphatic rings. The molecule has 30 heavy (non-hydrogen) atoms. The van der Waals surface area contributed by atoms with Gasteiger partial charge in [0.25, 0.3) is 5.91 Å². The molecular formula is C21H22FN3O5. The van der Waals surface area contributed by atoms with Gasteiger partial charge in [-0.2, -0.15) is 0 Å². The maximum Gasteiger partial charge on any atom is 0.338 e. The van der Waals surface area contributed by atoms with Crippen molar-refractivity contribution in [3.05, 3.63) is 59.9 Å². The molecule has 158 valence electrons. The van der Waals surface area contributed by atoms with E-state index in [2.05, 4.69) is 10.6 Å². The second-order valence-corrected chi connectivity index (χ2v) is 6.30. The largest absolute Gasteiger partial charge is 0.452 e. The molecule has 2 N–H and O–H groups in total. The number of nitrogens with one attached hydrogen (secondary N) is 2. The van der Waals surface area contributed by atoms with Crippen molar-refractivity contribution in [2.24, 2.45) is 0 Å². The summed E-state index contributed by atoms with van der Waals surface area (Å²) in [4.78, 5) is 48.7. The van der Waals surface area contributed by atoms with Crippen molar-refractivity contribution in [1.29, 1.82) is 0 Å². The van der Waals surface area contributed by atoms with Gasteiger partial charge in [0, 0.05) is 24.8 Å². The molecule has 0 saturated carbocycles. The number of amides is 3. The van der Waals surface area contributed by atoms with E-state index in [-0.39, 0.29) is 24.6 Å². The summed E-state index contributed by atoms with van der Waals surface area (Å²) in [5.41, 5.74) is 1.21. The van der Waals surface area contributed by atoms with Gasteiger partial charge >= 0.3 is 5.97 Å². The first-order valence-electron chi connectivity index (χ1n) is 9.16. The third-order valence-corrected chi connectivity index (χ3v) is 3.96. The molecular weight excluding hydrogens is 393 g/mol. The van der Waals surface area contributed by atoms with Gasteiger partial charge in [0.15, 0.2) is 6.61 Å². The Morgan fingerprint density at radius 1 is 0.933 bits per heavy atom. The fraction of sp³-hybridized carbons (Fsp3) is 0.238. The Hall–Kier alpha value is -3.75. The van der Waals surface area contributed by atoms with Crippen LogP contribution in [0, 0.1) is 5.82 Å². The molecule has 2 rings (SSSR count). The Balaban J connectivity index is 1.85. The molecule has 0 aliphatic carbocycles. The molecule has 0 bridgehead atoms. The molecule has 0 aliphatic heterocycles. The summed E-state index contributed by atoms with van der Waals surface area (Å²) in [6.45, 7) is 2.56. The summed E-state index contributed by atoms with van der Waals surface area (Å²) in [6.07, 6.45) is 0. The molecule has 0 radical (unpaired) electrons. The minimum atomic E-state index is -0.761. The Kier molecular flexibility index (Phi) is 8.04. The van der Waals surface area contributed by atoms with Crippen LogP contribution in [0.1, 0.15) is 24.2 Å². The molecule has 8 nitrogen and oxygen atoms in total. The zero-order valence-electron chi connectivity index (χ0n) is 16.6. The van der Waals surface area contributed by atoms with E-state index >= 15 is 0 Å². The summed E-state index contributed by atoms with van der Waals surface area (Å²) in [5.74, 6) is -2.42. The smallest absolute Gasteiger partial charge is 0.338 e. The first kappa shape index (κ1) is 22.5. The van der Waals surface area contributed by atoms with Crippen molar-refractivity contribution in [3.8, 4) is 0 Å². The predicted octanol–water partition coefficient (Wildman–Crippen LogP) is 2.43. The molecule has 0 atom stereocenters. The number of hydrogen-bond donors (Lipinski definition) is 2. The van der Waals surface area contributed by atoms with Gasteiger partial charge in [-0.3, -0.25) is 14.4 Å². The number of anilines is 2. The average molecular weight is 415 g/mol. The van der Waals surface area contributed by atoms with Crippen molar-refractivity contribution in [1.82, 2.24) is 4.90 Å². The van der Waals surface area contributed by atoms with Crippen LogP contribution in [0.3, 0.4) is 0 Å². The normalized spacial score (nSPS) is 10.1. The standard InChI is InChI=1S/C21H22FN3O5/c1-3-25(20(28)13-30-21(29)15-4-6-16(22)7-5-15)12-19(27)24-18-10-8-17(9-11-18)23-14(2)26/h4-11H,3,12-13H2,1-2H3,(H,23,26)(H,24,27). The van der Waals surface area contributed by atoms with Crippen LogP contribution in [0.2, 0.25) is 0 Å². The maximum absolute atomic E-state index is 12.9. The number of carbonyl (C=O) groups excluding carboxylic acids is 4. The summed E-state index contributed by atoms with van der Waals surface area (Å²) in [7, 11) is 0. The third-order valence-electron chi connectivity index (χ3n) is 3.96. The quantitative estimate of drug-likeness (QED) is 0.645. The number of halogens is 1. The highest BCUT2D eigenvalue weighted by Crippen LogP contribution is 2.13. The van der Waals surface area contributed by atoms with E-state index in [1.54, 1.807) is 31.2 Å². The van der Waals surface area contributed by atoms with Gasteiger partial charge in [-0.1, -0.05) is 0 Å². The molecule has 0 spiro atoms. The zero-order valence-corrected chi connectivity index (χ0v) is 16.6. The van der Waals surface area contributed by atoms with E-state index in [0.717, 1.165) is 12.1 Å². The van der Waals surface area contributed by atoms with Gasteiger partial charge in [-0.15, -0.1) is 0 Å². The number of nitrogens with zero attached hydrogens (tertiary/aromatic N) is 1. The van der Waals surface area contributed by atoms with Crippen LogP contribution in [0.4, 0.5) is 15.8 Å². The number of rotatable bonds is 8. The van der Waals surface area contributed by atoms with Crippen molar-refractivity contribution in [3.63, 3.8) is 0 Å². The maximum atomic E-state index is 12.9. The lowest BCUT2D eigenvalue weighted by molar-refractivity contribution is -0.137. The minimum absolute atomic E-state index is 0.118. The van der Waals surface area contributed by atoms with Crippen LogP contribution in [-0.2, 0) is 19.1 Å². The van der Waals surface area contributed by atoms with Crippen molar-refractivity contribution < 1.29 is 28.3 Å².